The summed E-state index contributed by atoms with van der Waals surface area (Å²) < 4.78 is 6.46. The molecule has 2 nitrogen and oxygen atoms in total. The molecule has 3 heteroatoms. The van der Waals surface area contributed by atoms with Gasteiger partial charge >= 0.3 is 0 Å². The smallest absolute Gasteiger partial charge is 0.192 e. The van der Waals surface area contributed by atoms with Crippen LogP contribution in [0.15, 0.2) is 24.3 Å². The monoisotopic (exact) mass is 338 g/mol. The SMILES string of the molecule is CCCCC/C=C\C=C\[C@H]1C[C@@H](O[Si](C)(C)C(C)(C)C)C[C@H]1O. The Morgan fingerprint density at radius 2 is 1.83 bits per heavy atom. The van der Waals surface area contributed by atoms with Crippen molar-refractivity contribution in [2.24, 2.45) is 5.92 Å². The molecule has 1 rings (SSSR count). The number of allylic oxidation sites excluding steroid dienone is 3. The van der Waals surface area contributed by atoms with Crippen molar-refractivity contribution >= 4 is 8.32 Å². The molecule has 0 aliphatic heterocycles. The van der Waals surface area contributed by atoms with Crippen molar-refractivity contribution in [2.75, 3.05) is 0 Å². The minimum absolute atomic E-state index is 0.217. The van der Waals surface area contributed by atoms with Crippen molar-refractivity contribution < 1.29 is 9.53 Å². The number of unbranched alkanes of at least 4 members (excludes halogenated alkanes) is 3. The summed E-state index contributed by atoms with van der Waals surface area (Å²) in [4.78, 5) is 0. The van der Waals surface area contributed by atoms with Gasteiger partial charge in [-0.25, -0.2) is 0 Å². The van der Waals surface area contributed by atoms with E-state index in [2.05, 4.69) is 65.1 Å². The zero-order chi connectivity index (χ0) is 17.5. The van der Waals surface area contributed by atoms with Crippen molar-refractivity contribution in [3.8, 4) is 0 Å². The molecule has 23 heavy (non-hydrogen) atoms. The molecule has 0 amide bonds. The molecule has 1 N–H and O–H groups in total. The highest BCUT2D eigenvalue weighted by atomic mass is 28.4. The van der Waals surface area contributed by atoms with Crippen LogP contribution in [0.25, 0.3) is 0 Å². The van der Waals surface area contributed by atoms with E-state index < -0.39 is 8.32 Å². The van der Waals surface area contributed by atoms with Crippen LogP contribution in [0.3, 0.4) is 0 Å². The molecule has 1 saturated carbocycles. The van der Waals surface area contributed by atoms with Gasteiger partial charge < -0.3 is 9.53 Å². The molecule has 0 aromatic heterocycles. The van der Waals surface area contributed by atoms with E-state index in [0.29, 0.717) is 0 Å². The predicted octanol–water partition coefficient (Wildman–Crippen LogP) is 5.84. The Kier molecular flexibility index (Phi) is 8.26. The third kappa shape index (κ3) is 6.94. The van der Waals surface area contributed by atoms with Crippen LogP contribution < -0.4 is 0 Å². The lowest BCUT2D eigenvalue weighted by Crippen LogP contribution is -2.43. The second kappa shape index (κ2) is 9.19. The van der Waals surface area contributed by atoms with E-state index in [1.165, 1.54) is 19.3 Å². The Labute approximate surface area is 145 Å². The third-order valence-electron chi connectivity index (χ3n) is 5.38. The van der Waals surface area contributed by atoms with Gasteiger partial charge in [-0.3, -0.25) is 0 Å². The quantitative estimate of drug-likeness (QED) is 0.342. The average Bonchev–Trinajstić information content (AvgIpc) is 2.76. The minimum Gasteiger partial charge on any atom is -0.414 e. The molecule has 134 valence electrons. The molecular weight excluding hydrogens is 300 g/mol. The van der Waals surface area contributed by atoms with Crippen molar-refractivity contribution in [2.45, 2.75) is 96.6 Å². The lowest BCUT2D eigenvalue weighted by Gasteiger charge is -2.38. The molecule has 1 aliphatic carbocycles. The first-order valence-electron chi connectivity index (χ1n) is 9.36. The van der Waals surface area contributed by atoms with E-state index in [9.17, 15) is 5.11 Å². The maximum atomic E-state index is 10.3. The Morgan fingerprint density at radius 1 is 1.13 bits per heavy atom. The largest absolute Gasteiger partial charge is 0.414 e. The molecule has 1 fully saturated rings. The van der Waals surface area contributed by atoms with E-state index >= 15 is 0 Å². The maximum Gasteiger partial charge on any atom is 0.192 e. The summed E-state index contributed by atoms with van der Waals surface area (Å²) in [5, 5.41) is 10.5. The zero-order valence-corrected chi connectivity index (χ0v) is 17.1. The molecular formula is C20H38O2Si. The first-order chi connectivity index (χ1) is 10.7. The number of aliphatic hydroxyl groups is 1. The van der Waals surface area contributed by atoms with Crippen molar-refractivity contribution in [3.05, 3.63) is 24.3 Å². The molecule has 0 saturated heterocycles. The summed E-state index contributed by atoms with van der Waals surface area (Å²) in [6, 6.07) is 0. The van der Waals surface area contributed by atoms with Gasteiger partial charge in [0.05, 0.1) is 6.10 Å². The van der Waals surface area contributed by atoms with Crippen LogP contribution in [0.2, 0.25) is 18.1 Å². The van der Waals surface area contributed by atoms with E-state index in [-0.39, 0.29) is 23.2 Å². The molecule has 3 atom stereocenters. The van der Waals surface area contributed by atoms with Crippen LogP contribution in [0.1, 0.15) is 66.2 Å². The topological polar surface area (TPSA) is 29.5 Å². The fourth-order valence-corrected chi connectivity index (χ4v) is 4.17. The fourth-order valence-electron chi connectivity index (χ4n) is 2.79. The van der Waals surface area contributed by atoms with E-state index in [0.717, 1.165) is 19.3 Å². The van der Waals surface area contributed by atoms with Gasteiger partial charge in [0, 0.05) is 12.0 Å². The highest BCUT2D eigenvalue weighted by molar-refractivity contribution is 6.74. The third-order valence-corrected chi connectivity index (χ3v) is 9.92. The van der Waals surface area contributed by atoms with Crippen molar-refractivity contribution in [1.29, 1.82) is 0 Å². The zero-order valence-electron chi connectivity index (χ0n) is 16.1. The molecule has 0 unspecified atom stereocenters. The van der Waals surface area contributed by atoms with Gasteiger partial charge in [-0.1, -0.05) is 64.8 Å². The number of aliphatic hydroxyl groups excluding tert-OH is 1. The van der Waals surface area contributed by atoms with Crippen LogP contribution in [0, 0.1) is 5.92 Å². The number of hydrogen-bond donors (Lipinski definition) is 1. The number of hydrogen-bond acceptors (Lipinski definition) is 2. The maximum absolute atomic E-state index is 10.3. The van der Waals surface area contributed by atoms with Gasteiger partial charge in [0.2, 0.25) is 0 Å². The normalized spacial score (nSPS) is 26.7. The molecule has 0 heterocycles. The van der Waals surface area contributed by atoms with E-state index in [1.807, 2.05) is 0 Å². The summed E-state index contributed by atoms with van der Waals surface area (Å²) in [6.45, 7) is 13.6. The molecule has 1 aliphatic rings. The first kappa shape index (κ1) is 20.7. The van der Waals surface area contributed by atoms with Crippen molar-refractivity contribution in [3.63, 3.8) is 0 Å². The predicted molar refractivity (Wildman–Crippen MR) is 103 cm³/mol. The Bertz CT molecular complexity index is 393. The molecule has 0 radical (unpaired) electrons. The highest BCUT2D eigenvalue weighted by Crippen LogP contribution is 2.40. The highest BCUT2D eigenvalue weighted by Gasteiger charge is 2.42. The van der Waals surface area contributed by atoms with Crippen LogP contribution in [0.4, 0.5) is 0 Å². The summed E-state index contributed by atoms with van der Waals surface area (Å²) in [5.74, 6) is 0.241. The van der Waals surface area contributed by atoms with Crippen LogP contribution in [-0.4, -0.2) is 25.6 Å². The lowest BCUT2D eigenvalue weighted by atomic mass is 10.1. The van der Waals surface area contributed by atoms with Crippen LogP contribution >= 0.6 is 0 Å². The minimum atomic E-state index is -1.74. The second-order valence-corrected chi connectivity index (χ2v) is 13.3. The van der Waals surface area contributed by atoms with E-state index in [1.54, 1.807) is 0 Å². The first-order valence-corrected chi connectivity index (χ1v) is 12.3. The Balaban J connectivity index is 2.43. The van der Waals surface area contributed by atoms with Crippen LogP contribution in [0.5, 0.6) is 0 Å². The standard InChI is InChI=1S/C20H38O2Si/c1-7-8-9-10-11-12-13-14-17-15-18(16-19(17)21)22-23(5,6)20(2,3)4/h11-14,17-19,21H,7-10,15-16H2,1-6H3/b12-11-,14-13+/t17-,18+,19+/m0/s1. The lowest BCUT2D eigenvalue weighted by molar-refractivity contribution is 0.132. The second-order valence-electron chi connectivity index (χ2n) is 8.51. The summed E-state index contributed by atoms with van der Waals surface area (Å²) >= 11 is 0. The number of rotatable bonds is 8. The molecule has 0 aromatic rings. The Morgan fingerprint density at radius 3 is 2.43 bits per heavy atom. The molecule has 0 aromatic carbocycles. The van der Waals surface area contributed by atoms with Gasteiger partial charge in [-0.15, -0.1) is 0 Å². The Hall–Kier alpha value is -0.383. The van der Waals surface area contributed by atoms with Crippen LogP contribution in [-0.2, 0) is 4.43 Å². The molecule has 0 spiro atoms. The average molecular weight is 339 g/mol. The molecule has 0 bridgehead atoms. The summed E-state index contributed by atoms with van der Waals surface area (Å²) in [6.07, 6.45) is 15.3. The van der Waals surface area contributed by atoms with Gasteiger partial charge in [-0.05, 0) is 43.8 Å². The van der Waals surface area contributed by atoms with Gasteiger partial charge in [0.15, 0.2) is 8.32 Å². The van der Waals surface area contributed by atoms with Gasteiger partial charge in [0.1, 0.15) is 0 Å². The summed E-state index contributed by atoms with van der Waals surface area (Å²) in [7, 11) is -1.74. The van der Waals surface area contributed by atoms with Crippen molar-refractivity contribution in [1.82, 2.24) is 0 Å². The van der Waals surface area contributed by atoms with E-state index in [4.69, 9.17) is 4.43 Å². The fraction of sp³-hybridized carbons (Fsp3) is 0.800. The summed E-state index contributed by atoms with van der Waals surface area (Å²) in [5.41, 5.74) is 0. The van der Waals surface area contributed by atoms with Gasteiger partial charge in [-0.2, -0.15) is 0 Å². The van der Waals surface area contributed by atoms with Gasteiger partial charge in [0.25, 0.3) is 0 Å².